The van der Waals surface area contributed by atoms with E-state index in [1.807, 2.05) is 6.92 Å². The zero-order valence-corrected chi connectivity index (χ0v) is 14.6. The highest BCUT2D eigenvalue weighted by Crippen LogP contribution is 2.24. The topological polar surface area (TPSA) is 103 Å². The molecule has 26 heavy (non-hydrogen) atoms. The third-order valence-corrected chi connectivity index (χ3v) is 3.39. The first-order valence-corrected chi connectivity index (χ1v) is 7.99. The van der Waals surface area contributed by atoms with E-state index in [0.29, 0.717) is 23.7 Å². The van der Waals surface area contributed by atoms with E-state index in [1.54, 1.807) is 30.3 Å². The van der Waals surface area contributed by atoms with Crippen molar-refractivity contribution in [2.75, 3.05) is 13.2 Å². The summed E-state index contributed by atoms with van der Waals surface area (Å²) in [6.45, 7) is 2.22. The average molecular weight is 378 g/mol. The second-order valence-electron chi connectivity index (χ2n) is 4.95. The Bertz CT molecular complexity index is 809. The smallest absolute Gasteiger partial charge is 0.288 e. The van der Waals surface area contributed by atoms with Crippen LogP contribution in [-0.4, -0.2) is 30.3 Å². The van der Waals surface area contributed by atoms with E-state index in [9.17, 15) is 14.9 Å². The summed E-state index contributed by atoms with van der Waals surface area (Å²) in [7, 11) is 0. The Hall–Kier alpha value is -3.13. The van der Waals surface area contributed by atoms with Crippen molar-refractivity contribution in [3.8, 4) is 11.5 Å². The lowest BCUT2D eigenvalue weighted by atomic mass is 10.2. The highest BCUT2D eigenvalue weighted by molar-refractivity contribution is 6.32. The minimum atomic E-state index is -0.594. The first-order valence-electron chi connectivity index (χ1n) is 7.61. The number of nitrogens with one attached hydrogen (secondary N) is 1. The fraction of sp³-hybridized carbons (Fsp3) is 0.176. The van der Waals surface area contributed by atoms with Crippen LogP contribution in [0.2, 0.25) is 5.02 Å². The van der Waals surface area contributed by atoms with E-state index in [2.05, 4.69) is 10.5 Å². The molecule has 1 N–H and O–H groups in total. The van der Waals surface area contributed by atoms with Crippen molar-refractivity contribution in [2.45, 2.75) is 6.92 Å². The van der Waals surface area contributed by atoms with Gasteiger partial charge in [-0.25, -0.2) is 5.43 Å². The lowest BCUT2D eigenvalue weighted by molar-refractivity contribution is -0.384. The van der Waals surface area contributed by atoms with Crippen LogP contribution in [0.25, 0.3) is 0 Å². The van der Waals surface area contributed by atoms with Crippen molar-refractivity contribution in [3.05, 3.63) is 63.2 Å². The van der Waals surface area contributed by atoms with Gasteiger partial charge in [0.1, 0.15) is 16.5 Å². The zero-order valence-electron chi connectivity index (χ0n) is 13.8. The van der Waals surface area contributed by atoms with Crippen molar-refractivity contribution < 1.29 is 19.2 Å². The van der Waals surface area contributed by atoms with Crippen molar-refractivity contribution in [1.82, 2.24) is 5.43 Å². The first-order chi connectivity index (χ1) is 12.5. The van der Waals surface area contributed by atoms with Gasteiger partial charge in [-0.15, -0.1) is 0 Å². The third kappa shape index (κ3) is 5.75. The molecule has 0 bridgehead atoms. The Morgan fingerprint density at radius 2 is 1.88 bits per heavy atom. The zero-order chi connectivity index (χ0) is 18.9. The molecule has 0 spiro atoms. The molecule has 2 aromatic carbocycles. The van der Waals surface area contributed by atoms with Gasteiger partial charge < -0.3 is 9.47 Å². The molecule has 1 amide bonds. The quantitative estimate of drug-likeness (QED) is 0.432. The van der Waals surface area contributed by atoms with Crippen molar-refractivity contribution in [3.63, 3.8) is 0 Å². The predicted molar refractivity (Wildman–Crippen MR) is 96.9 cm³/mol. The molecular weight excluding hydrogens is 362 g/mol. The van der Waals surface area contributed by atoms with Gasteiger partial charge in [-0.05, 0) is 37.3 Å². The number of nitro groups is 1. The van der Waals surface area contributed by atoms with E-state index in [1.165, 1.54) is 18.3 Å². The molecule has 2 rings (SSSR count). The summed E-state index contributed by atoms with van der Waals surface area (Å²) in [5.74, 6) is 0.755. The van der Waals surface area contributed by atoms with E-state index in [4.69, 9.17) is 21.1 Å². The first kappa shape index (κ1) is 19.2. The number of nitrogens with zero attached hydrogens (tertiary/aromatic N) is 2. The van der Waals surface area contributed by atoms with E-state index < -0.39 is 10.8 Å². The summed E-state index contributed by atoms with van der Waals surface area (Å²) in [6.07, 6.45) is 1.28. The van der Waals surface area contributed by atoms with Crippen LogP contribution in [0, 0.1) is 10.1 Å². The summed E-state index contributed by atoms with van der Waals surface area (Å²) in [5, 5.41) is 14.6. The molecule has 0 aliphatic carbocycles. The molecule has 9 heteroatoms. The fourth-order valence-electron chi connectivity index (χ4n) is 1.91. The van der Waals surface area contributed by atoms with Crippen LogP contribution in [-0.2, 0) is 4.79 Å². The van der Waals surface area contributed by atoms with E-state index in [-0.39, 0.29) is 17.3 Å². The second-order valence-corrected chi connectivity index (χ2v) is 5.36. The van der Waals surface area contributed by atoms with E-state index >= 15 is 0 Å². The molecule has 0 aliphatic heterocycles. The Morgan fingerprint density at radius 3 is 2.50 bits per heavy atom. The van der Waals surface area contributed by atoms with Crippen LogP contribution in [0.1, 0.15) is 12.5 Å². The second kappa shape index (κ2) is 9.38. The number of hydrazone groups is 1. The van der Waals surface area contributed by atoms with Gasteiger partial charge in [-0.2, -0.15) is 5.10 Å². The Labute approximate surface area is 154 Å². The molecule has 0 unspecified atom stereocenters. The minimum Gasteiger partial charge on any atom is -0.494 e. The van der Waals surface area contributed by atoms with Gasteiger partial charge in [0, 0.05) is 11.6 Å². The third-order valence-electron chi connectivity index (χ3n) is 3.07. The summed E-state index contributed by atoms with van der Waals surface area (Å²) < 4.78 is 10.6. The highest BCUT2D eigenvalue weighted by Gasteiger charge is 2.11. The number of rotatable bonds is 8. The van der Waals surface area contributed by atoms with Crippen LogP contribution in [0.15, 0.2) is 47.6 Å². The van der Waals surface area contributed by atoms with E-state index in [0.717, 1.165) is 0 Å². The molecular formula is C17H16ClN3O5. The summed E-state index contributed by atoms with van der Waals surface area (Å²) in [4.78, 5) is 21.9. The van der Waals surface area contributed by atoms with Crippen LogP contribution < -0.4 is 14.9 Å². The maximum atomic E-state index is 11.7. The number of halogens is 1. The van der Waals surface area contributed by atoms with Crippen molar-refractivity contribution in [2.24, 2.45) is 5.10 Å². The predicted octanol–water partition coefficient (Wildman–Crippen LogP) is 3.18. The maximum absolute atomic E-state index is 11.7. The van der Waals surface area contributed by atoms with Gasteiger partial charge in [0.25, 0.3) is 11.6 Å². The van der Waals surface area contributed by atoms with Crippen LogP contribution in [0.4, 0.5) is 5.69 Å². The van der Waals surface area contributed by atoms with Gasteiger partial charge in [0.15, 0.2) is 6.61 Å². The minimum absolute atomic E-state index is 0.0277. The van der Waals surface area contributed by atoms with Gasteiger partial charge in [-0.1, -0.05) is 17.7 Å². The van der Waals surface area contributed by atoms with Gasteiger partial charge in [0.2, 0.25) is 0 Å². The number of amides is 1. The normalized spacial score (nSPS) is 10.5. The molecule has 2 aromatic rings. The Morgan fingerprint density at radius 1 is 1.23 bits per heavy atom. The standard InChI is InChI=1S/C17H16ClN3O5/c1-2-25-13-4-6-14(7-5-13)26-11-17(22)20-19-10-12-3-8-15(18)16(9-12)21(23)24/h3-10H,2,11H2,1H3,(H,20,22)/b19-10-. The summed E-state index contributed by atoms with van der Waals surface area (Å²) >= 11 is 5.72. The molecule has 0 atom stereocenters. The van der Waals surface area contributed by atoms with Gasteiger partial charge >= 0.3 is 0 Å². The number of carbonyl (C=O) groups is 1. The Balaban J connectivity index is 1.83. The fourth-order valence-corrected chi connectivity index (χ4v) is 2.10. The van der Waals surface area contributed by atoms with Crippen LogP contribution in [0.5, 0.6) is 11.5 Å². The molecule has 0 aliphatic rings. The van der Waals surface area contributed by atoms with Crippen molar-refractivity contribution in [1.29, 1.82) is 0 Å². The average Bonchev–Trinajstić information content (AvgIpc) is 2.62. The van der Waals surface area contributed by atoms with Gasteiger partial charge in [-0.3, -0.25) is 14.9 Å². The molecule has 136 valence electrons. The Kier molecular flexibility index (Phi) is 6.92. The lowest BCUT2D eigenvalue weighted by Crippen LogP contribution is -2.24. The SMILES string of the molecule is CCOc1ccc(OCC(=O)N/N=C\c2ccc(Cl)c([N+](=O)[O-])c2)cc1. The summed E-state index contributed by atoms with van der Waals surface area (Å²) in [5.41, 5.74) is 2.46. The molecule has 0 saturated carbocycles. The van der Waals surface area contributed by atoms with Crippen LogP contribution in [0.3, 0.4) is 0 Å². The number of benzene rings is 2. The van der Waals surface area contributed by atoms with Gasteiger partial charge in [0.05, 0.1) is 17.7 Å². The number of hydrogen-bond donors (Lipinski definition) is 1. The molecule has 0 radical (unpaired) electrons. The number of carbonyl (C=O) groups excluding carboxylic acids is 1. The van der Waals surface area contributed by atoms with Crippen LogP contribution >= 0.6 is 11.6 Å². The van der Waals surface area contributed by atoms with Crippen molar-refractivity contribution >= 4 is 29.4 Å². The summed E-state index contributed by atoms with van der Waals surface area (Å²) in [6, 6.07) is 11.0. The lowest BCUT2D eigenvalue weighted by Gasteiger charge is -2.06. The largest absolute Gasteiger partial charge is 0.494 e. The molecule has 0 fully saturated rings. The highest BCUT2D eigenvalue weighted by atomic mass is 35.5. The molecule has 0 aromatic heterocycles. The molecule has 0 saturated heterocycles. The number of nitro benzene ring substituents is 1. The maximum Gasteiger partial charge on any atom is 0.288 e. The molecule has 0 heterocycles. The monoisotopic (exact) mass is 377 g/mol. The number of ether oxygens (including phenoxy) is 2. The molecule has 8 nitrogen and oxygen atoms in total. The number of hydrogen-bond acceptors (Lipinski definition) is 6.